The maximum absolute atomic E-state index is 4.61. The van der Waals surface area contributed by atoms with Crippen molar-refractivity contribution < 1.29 is 0 Å². The zero-order valence-corrected chi connectivity index (χ0v) is 11.9. The van der Waals surface area contributed by atoms with Crippen LogP contribution >= 0.6 is 0 Å². The molecule has 2 heteroatoms. The number of hydrogen-bond donors (Lipinski definition) is 1. The highest BCUT2D eigenvalue weighted by molar-refractivity contribution is 5.58. The van der Waals surface area contributed by atoms with Crippen LogP contribution in [-0.2, 0) is 0 Å². The van der Waals surface area contributed by atoms with Gasteiger partial charge in [0.15, 0.2) is 0 Å². The predicted octanol–water partition coefficient (Wildman–Crippen LogP) is 3.76. The normalized spacial score (nSPS) is 38.8. The van der Waals surface area contributed by atoms with Gasteiger partial charge in [0.2, 0.25) is 0 Å². The van der Waals surface area contributed by atoms with E-state index in [1.165, 1.54) is 38.5 Å². The smallest absolute Gasteiger partial charge is 0.0831 e. The second-order valence-electron chi connectivity index (χ2n) is 7.21. The Balaban J connectivity index is 2.09. The number of fused-ring (bicyclic) bond motifs is 1. The van der Waals surface area contributed by atoms with Crippen molar-refractivity contribution in [2.24, 2.45) is 15.8 Å². The SMILES string of the molecule is CC(C)(C)C1(C)CCCCC2NC=NC2CC1. The lowest BCUT2D eigenvalue weighted by Gasteiger charge is -2.43. The summed E-state index contributed by atoms with van der Waals surface area (Å²) in [5.41, 5.74) is 0.878. The summed E-state index contributed by atoms with van der Waals surface area (Å²) in [4.78, 5) is 4.61. The Morgan fingerprint density at radius 1 is 1.18 bits per heavy atom. The molecule has 0 bridgehead atoms. The molecule has 3 unspecified atom stereocenters. The lowest BCUT2D eigenvalue weighted by atomic mass is 9.63. The Labute approximate surface area is 106 Å². The van der Waals surface area contributed by atoms with Crippen LogP contribution in [0, 0.1) is 10.8 Å². The predicted molar refractivity (Wildman–Crippen MR) is 74.5 cm³/mol. The highest BCUT2D eigenvalue weighted by atomic mass is 15.1. The molecule has 1 N–H and O–H groups in total. The summed E-state index contributed by atoms with van der Waals surface area (Å²) < 4.78 is 0. The van der Waals surface area contributed by atoms with Crippen molar-refractivity contribution >= 4 is 6.34 Å². The summed E-state index contributed by atoms with van der Waals surface area (Å²) in [6, 6.07) is 1.16. The first-order valence-electron chi connectivity index (χ1n) is 7.20. The van der Waals surface area contributed by atoms with Gasteiger partial charge in [0.25, 0.3) is 0 Å². The van der Waals surface area contributed by atoms with Gasteiger partial charge in [-0.2, -0.15) is 0 Å². The summed E-state index contributed by atoms with van der Waals surface area (Å²) in [6.07, 6.45) is 9.90. The number of nitrogens with zero attached hydrogens (tertiary/aromatic N) is 1. The van der Waals surface area contributed by atoms with Gasteiger partial charge in [-0.25, -0.2) is 0 Å². The lowest BCUT2D eigenvalue weighted by Crippen LogP contribution is -2.35. The molecule has 0 spiro atoms. The molecule has 0 aromatic rings. The molecule has 2 rings (SSSR count). The van der Waals surface area contributed by atoms with E-state index in [4.69, 9.17) is 0 Å². The summed E-state index contributed by atoms with van der Waals surface area (Å²) in [5.74, 6) is 0. The average molecular weight is 236 g/mol. The fourth-order valence-electron chi connectivity index (χ4n) is 3.22. The quantitative estimate of drug-likeness (QED) is 0.680. The Morgan fingerprint density at radius 2 is 1.94 bits per heavy atom. The molecule has 0 radical (unpaired) electrons. The first kappa shape index (κ1) is 12.9. The average Bonchev–Trinajstić information content (AvgIpc) is 2.67. The van der Waals surface area contributed by atoms with Gasteiger partial charge in [0.1, 0.15) is 0 Å². The van der Waals surface area contributed by atoms with Crippen LogP contribution in [0.4, 0.5) is 0 Å². The maximum atomic E-state index is 4.61. The van der Waals surface area contributed by atoms with Crippen LogP contribution in [-0.4, -0.2) is 18.4 Å². The van der Waals surface area contributed by atoms with Crippen LogP contribution in [0.1, 0.15) is 66.2 Å². The van der Waals surface area contributed by atoms with E-state index in [2.05, 4.69) is 38.0 Å². The number of aliphatic imine (C=N–C) groups is 1. The van der Waals surface area contributed by atoms with Crippen molar-refractivity contribution in [3.8, 4) is 0 Å². The van der Waals surface area contributed by atoms with Crippen LogP contribution in [0.3, 0.4) is 0 Å². The first-order chi connectivity index (χ1) is 7.92. The van der Waals surface area contributed by atoms with Crippen molar-refractivity contribution in [1.82, 2.24) is 5.32 Å². The molecule has 1 fully saturated rings. The molecule has 0 amide bonds. The number of rotatable bonds is 0. The minimum Gasteiger partial charge on any atom is -0.372 e. The molecule has 1 saturated carbocycles. The number of hydrogen-bond acceptors (Lipinski definition) is 2. The van der Waals surface area contributed by atoms with Crippen molar-refractivity contribution in [3.63, 3.8) is 0 Å². The van der Waals surface area contributed by atoms with Gasteiger partial charge in [-0.3, -0.25) is 4.99 Å². The van der Waals surface area contributed by atoms with E-state index in [0.29, 0.717) is 22.9 Å². The summed E-state index contributed by atoms with van der Waals surface area (Å²) in [5, 5.41) is 3.43. The molecule has 1 aliphatic carbocycles. The Morgan fingerprint density at radius 3 is 2.65 bits per heavy atom. The van der Waals surface area contributed by atoms with Crippen LogP contribution < -0.4 is 5.32 Å². The first-order valence-corrected chi connectivity index (χ1v) is 7.20. The third kappa shape index (κ3) is 2.66. The van der Waals surface area contributed by atoms with Gasteiger partial charge in [0.05, 0.1) is 12.4 Å². The van der Waals surface area contributed by atoms with Gasteiger partial charge in [-0.1, -0.05) is 40.5 Å². The van der Waals surface area contributed by atoms with E-state index >= 15 is 0 Å². The topological polar surface area (TPSA) is 24.4 Å². The third-order valence-electron chi connectivity index (χ3n) is 5.32. The maximum Gasteiger partial charge on any atom is 0.0831 e. The van der Waals surface area contributed by atoms with Crippen LogP contribution in [0.2, 0.25) is 0 Å². The van der Waals surface area contributed by atoms with Gasteiger partial charge < -0.3 is 5.32 Å². The van der Waals surface area contributed by atoms with E-state index in [-0.39, 0.29) is 0 Å². The largest absolute Gasteiger partial charge is 0.372 e. The number of nitrogens with one attached hydrogen (secondary N) is 1. The van der Waals surface area contributed by atoms with E-state index in [1.54, 1.807) is 0 Å². The van der Waals surface area contributed by atoms with Crippen molar-refractivity contribution in [3.05, 3.63) is 0 Å². The zero-order chi connectivity index (χ0) is 12.5. The van der Waals surface area contributed by atoms with Crippen molar-refractivity contribution in [2.45, 2.75) is 78.3 Å². The van der Waals surface area contributed by atoms with Gasteiger partial charge in [-0.05, 0) is 36.5 Å². The summed E-state index contributed by atoms with van der Waals surface area (Å²) in [6.45, 7) is 9.69. The van der Waals surface area contributed by atoms with Gasteiger partial charge in [-0.15, -0.1) is 0 Å². The van der Waals surface area contributed by atoms with Gasteiger partial charge >= 0.3 is 0 Å². The Hall–Kier alpha value is -0.530. The van der Waals surface area contributed by atoms with Crippen molar-refractivity contribution in [2.75, 3.05) is 0 Å². The van der Waals surface area contributed by atoms with Crippen LogP contribution in [0.15, 0.2) is 4.99 Å². The second-order valence-corrected chi connectivity index (χ2v) is 7.21. The summed E-state index contributed by atoms with van der Waals surface area (Å²) in [7, 11) is 0. The molecule has 2 aliphatic rings. The molecule has 2 nitrogen and oxygen atoms in total. The minimum atomic E-state index is 0.405. The molecule has 17 heavy (non-hydrogen) atoms. The fourth-order valence-corrected chi connectivity index (χ4v) is 3.22. The van der Waals surface area contributed by atoms with E-state index < -0.39 is 0 Å². The minimum absolute atomic E-state index is 0.405. The molecule has 3 atom stereocenters. The lowest BCUT2D eigenvalue weighted by molar-refractivity contribution is 0.0790. The van der Waals surface area contributed by atoms with Crippen LogP contribution in [0.5, 0.6) is 0 Å². The summed E-state index contributed by atoms with van der Waals surface area (Å²) >= 11 is 0. The Kier molecular flexibility index (Phi) is 3.51. The van der Waals surface area contributed by atoms with E-state index in [1.807, 2.05) is 6.34 Å². The third-order valence-corrected chi connectivity index (χ3v) is 5.32. The highest BCUT2D eigenvalue weighted by Crippen LogP contribution is 2.47. The molecule has 98 valence electrons. The molecule has 0 saturated heterocycles. The molecule has 0 aromatic heterocycles. The fraction of sp³-hybridized carbons (Fsp3) is 0.933. The second kappa shape index (κ2) is 4.62. The highest BCUT2D eigenvalue weighted by Gasteiger charge is 2.38. The monoisotopic (exact) mass is 236 g/mol. The molecule has 0 aromatic carbocycles. The zero-order valence-electron chi connectivity index (χ0n) is 11.9. The van der Waals surface area contributed by atoms with E-state index in [9.17, 15) is 0 Å². The molecule has 1 heterocycles. The van der Waals surface area contributed by atoms with Crippen molar-refractivity contribution in [1.29, 1.82) is 0 Å². The molecular weight excluding hydrogens is 208 g/mol. The Bertz CT molecular complexity index is 290. The standard InChI is InChI=1S/C15H28N2/c1-14(2,3)15(4)9-6-5-7-12-13(8-10-15)17-11-16-12/h11-13H,5-10H2,1-4H3,(H,16,17). The molecular formula is C15H28N2. The van der Waals surface area contributed by atoms with E-state index in [0.717, 1.165) is 0 Å². The molecule has 1 aliphatic heterocycles. The van der Waals surface area contributed by atoms with Crippen LogP contribution in [0.25, 0.3) is 0 Å². The van der Waals surface area contributed by atoms with Gasteiger partial charge in [0, 0.05) is 6.04 Å².